The van der Waals surface area contributed by atoms with Crippen LogP contribution in [0.25, 0.3) is 34.0 Å². The molecule has 5 N–H and O–H groups in total. The number of aromatic amines is 2. The lowest BCUT2D eigenvalue weighted by Gasteiger charge is -2.41. The van der Waals surface area contributed by atoms with Gasteiger partial charge in [0, 0.05) is 72.5 Å². The van der Waals surface area contributed by atoms with Crippen LogP contribution >= 0.6 is 0 Å². The van der Waals surface area contributed by atoms with Crippen molar-refractivity contribution in [3.8, 4) is 0 Å². The van der Waals surface area contributed by atoms with Gasteiger partial charge in [-0.15, -0.1) is 0 Å². The van der Waals surface area contributed by atoms with Crippen LogP contribution in [0.15, 0.2) is 85.2 Å². The quantitative estimate of drug-likeness (QED) is 0.0298. The van der Waals surface area contributed by atoms with Crippen molar-refractivity contribution in [3.05, 3.63) is 153 Å². The van der Waals surface area contributed by atoms with Gasteiger partial charge in [-0.25, -0.2) is 35.9 Å². The van der Waals surface area contributed by atoms with Gasteiger partial charge in [0.2, 0.25) is 11.8 Å². The Bertz CT molecular complexity index is 3430. The first-order valence-electron chi connectivity index (χ1n) is 27.5. The van der Waals surface area contributed by atoms with E-state index in [2.05, 4.69) is 9.97 Å². The van der Waals surface area contributed by atoms with E-state index in [1.165, 1.54) is 31.4 Å². The largest absolute Gasteiger partial charge is 0.480 e. The molecule has 22 heteroatoms. The number of likely N-dealkylation sites (tertiary alicyclic amines) is 4. The predicted molar refractivity (Wildman–Crippen MR) is 294 cm³/mol. The second-order valence-electron chi connectivity index (χ2n) is 21.6. The molecule has 4 fully saturated rings. The third-order valence-electron chi connectivity index (χ3n) is 16.8. The highest BCUT2D eigenvalue weighted by Gasteiger charge is 2.40. The minimum absolute atomic E-state index is 0.0222. The van der Waals surface area contributed by atoms with Crippen LogP contribution in [0.2, 0.25) is 0 Å². The number of nitrogens with zero attached hydrogens (tertiary/aromatic N) is 4. The van der Waals surface area contributed by atoms with Crippen LogP contribution in [-0.2, 0) is 23.9 Å². The maximum atomic E-state index is 13.5. The Morgan fingerprint density at radius 1 is 0.518 bits per heavy atom. The highest BCUT2D eigenvalue weighted by Crippen LogP contribution is 2.38. The average molecular weight is 1150 g/mol. The lowest BCUT2D eigenvalue weighted by atomic mass is 9.84. The number of benzene rings is 4. The van der Waals surface area contributed by atoms with E-state index < -0.39 is 70.9 Å². The first-order valence-corrected chi connectivity index (χ1v) is 27.5. The number of carbonyl (C=O) groups is 6. The Balaban J connectivity index is 0.000000200. The Hall–Kier alpha value is -8.24. The molecule has 0 bridgehead atoms. The number of carbonyl (C=O) groups excluding carboxylic acids is 3. The number of ether oxygens (including phenoxy) is 1. The SMILES string of the molecule is COC(=O)c1ccc2[nH]cc(C3CCN(C(C(=O)O)C4CCN(C(=O)/C=C/c5cc(F)c(F)c(F)c5)CC4)CC3)c2c1.O=C(O)c1ccc2[nH]cc(C3CCN(C(C(=O)O)C4CCN(C(=O)/C=C/c5cc(F)c(F)c(F)c5)CC4)CC3)c2c1. The number of halogens is 6. The third kappa shape index (κ3) is 13.5. The van der Waals surface area contributed by atoms with Crippen molar-refractivity contribution in [2.24, 2.45) is 11.8 Å². The van der Waals surface area contributed by atoms with E-state index in [-0.39, 0.29) is 52.2 Å². The van der Waals surface area contributed by atoms with E-state index in [0.717, 1.165) is 82.9 Å². The van der Waals surface area contributed by atoms with E-state index in [1.807, 2.05) is 34.3 Å². The van der Waals surface area contributed by atoms with Crippen molar-refractivity contribution in [1.82, 2.24) is 29.6 Å². The summed E-state index contributed by atoms with van der Waals surface area (Å²) in [7, 11) is 1.35. The molecule has 16 nitrogen and oxygen atoms in total. The minimum atomic E-state index is -1.57. The lowest BCUT2D eigenvalue weighted by molar-refractivity contribution is -0.148. The summed E-state index contributed by atoms with van der Waals surface area (Å²) in [5.41, 5.74) is 4.69. The van der Waals surface area contributed by atoms with Crippen LogP contribution in [0.5, 0.6) is 0 Å². The number of aromatic carboxylic acids is 1. The van der Waals surface area contributed by atoms with Gasteiger partial charge in [0.1, 0.15) is 12.1 Å². The molecule has 2 atom stereocenters. The zero-order valence-corrected chi connectivity index (χ0v) is 45.3. The fourth-order valence-electron chi connectivity index (χ4n) is 12.4. The smallest absolute Gasteiger partial charge is 0.337 e. The predicted octanol–water partition coefficient (Wildman–Crippen LogP) is 9.82. The molecule has 2 aromatic heterocycles. The minimum Gasteiger partial charge on any atom is -0.480 e. The Morgan fingerprint density at radius 2 is 0.880 bits per heavy atom. The van der Waals surface area contributed by atoms with Crippen molar-refractivity contribution >= 4 is 69.6 Å². The standard InChI is InChI=1S/C31H32F3N3O5.C30H30F3N3O5/c1-42-31(41)21-3-4-26-22(16-21)23(17-35-26)19-6-12-37(13-7-19)29(30(39)40)20-8-10-36(11-9-20)27(38)5-2-18-14-24(32)28(34)25(33)15-18;31-23-13-17(14-24(32)27(23)33)1-4-26(37)35-9-7-19(8-10-35)28(30(40)41)36-11-5-18(6-12-36)22-16-34-25-3-2-20(29(38)39)15-21(22)25/h2-5,14-17,19-20,29,35H,6-13H2,1H3,(H,39,40);1-4,13-16,18-19,28,34H,5-12H2,(H,38,39)(H,40,41)/b5-2+;4-1+. The summed E-state index contributed by atoms with van der Waals surface area (Å²) in [4.78, 5) is 87.1. The maximum Gasteiger partial charge on any atom is 0.337 e. The monoisotopic (exact) mass is 1150 g/mol. The molecule has 4 aliphatic heterocycles. The number of nitrogens with one attached hydrogen (secondary N) is 2. The number of methoxy groups -OCH3 is 1. The van der Waals surface area contributed by atoms with Crippen LogP contribution in [0.3, 0.4) is 0 Å². The molecule has 2 unspecified atom stereocenters. The van der Waals surface area contributed by atoms with Gasteiger partial charge in [-0.3, -0.25) is 29.0 Å². The average Bonchev–Trinajstić information content (AvgIpc) is 4.33. The van der Waals surface area contributed by atoms with Crippen molar-refractivity contribution in [2.75, 3.05) is 59.5 Å². The molecule has 83 heavy (non-hydrogen) atoms. The Morgan fingerprint density at radius 3 is 1.23 bits per heavy atom. The second kappa shape index (κ2) is 25.9. The number of aliphatic carboxylic acids is 2. The van der Waals surface area contributed by atoms with Gasteiger partial charge in [-0.1, -0.05) is 0 Å². The first-order chi connectivity index (χ1) is 39.8. The number of esters is 1. The number of carboxylic acids is 3. The number of carboxylic acid groups (broad SMARTS) is 3. The summed E-state index contributed by atoms with van der Waals surface area (Å²) in [6.45, 7) is 3.80. The van der Waals surface area contributed by atoms with Crippen LogP contribution < -0.4 is 0 Å². The number of hydrogen-bond acceptors (Lipinski definition) is 9. The first kappa shape index (κ1) is 59.4. The molecule has 0 spiro atoms. The molecule has 4 aromatic carbocycles. The third-order valence-corrected chi connectivity index (χ3v) is 16.8. The van der Waals surface area contributed by atoms with Gasteiger partial charge in [0.15, 0.2) is 34.9 Å². The molecule has 2 amide bonds. The van der Waals surface area contributed by atoms with Crippen molar-refractivity contribution < 1.29 is 75.2 Å². The highest BCUT2D eigenvalue weighted by molar-refractivity contribution is 5.97. The van der Waals surface area contributed by atoms with Crippen molar-refractivity contribution in [1.29, 1.82) is 0 Å². The van der Waals surface area contributed by atoms with Crippen LogP contribution in [0.4, 0.5) is 26.3 Å². The number of piperidine rings is 4. The zero-order valence-electron chi connectivity index (χ0n) is 45.3. The molecule has 0 saturated carbocycles. The Kier molecular flexibility index (Phi) is 18.5. The summed E-state index contributed by atoms with van der Waals surface area (Å²) in [6, 6.07) is 12.3. The molecule has 4 saturated heterocycles. The normalized spacial score (nSPS) is 18.2. The number of H-pyrrole nitrogens is 2. The molecule has 0 radical (unpaired) electrons. The molecule has 0 aliphatic carbocycles. The number of amides is 2. The maximum absolute atomic E-state index is 13.5. The highest BCUT2D eigenvalue weighted by atomic mass is 19.2. The summed E-state index contributed by atoms with van der Waals surface area (Å²) in [5.74, 6) is -12.3. The molecular weight excluding hydrogens is 1090 g/mol. The summed E-state index contributed by atoms with van der Waals surface area (Å²) in [6.07, 6.45) is 13.7. The topological polar surface area (TPSA) is 217 Å². The van der Waals surface area contributed by atoms with Crippen LogP contribution in [-0.4, -0.2) is 152 Å². The van der Waals surface area contributed by atoms with Gasteiger partial charge >= 0.3 is 23.9 Å². The lowest BCUT2D eigenvalue weighted by Crippen LogP contribution is -2.52. The Labute approximate surface area is 473 Å². The molecule has 4 aliphatic rings. The molecule has 6 heterocycles. The summed E-state index contributed by atoms with van der Waals surface area (Å²) >= 11 is 0. The number of hydrogen-bond donors (Lipinski definition) is 5. The fraction of sp³-hybridized carbons (Fsp3) is 0.377. The van der Waals surface area contributed by atoms with Gasteiger partial charge in [0.05, 0.1) is 18.2 Å². The fourth-order valence-corrected chi connectivity index (χ4v) is 12.4. The van der Waals surface area contributed by atoms with Crippen LogP contribution in [0.1, 0.15) is 106 Å². The van der Waals surface area contributed by atoms with Crippen LogP contribution in [0, 0.1) is 46.7 Å². The summed E-state index contributed by atoms with van der Waals surface area (Å²) < 4.78 is 85.0. The second-order valence-corrected chi connectivity index (χ2v) is 21.6. The number of aromatic nitrogens is 2. The van der Waals surface area contributed by atoms with Gasteiger partial charge < -0.3 is 39.8 Å². The van der Waals surface area contributed by atoms with E-state index in [1.54, 1.807) is 34.1 Å². The van der Waals surface area contributed by atoms with Gasteiger partial charge in [0.25, 0.3) is 0 Å². The molecule has 438 valence electrons. The van der Waals surface area contributed by atoms with E-state index in [4.69, 9.17) is 4.74 Å². The van der Waals surface area contributed by atoms with Crippen molar-refractivity contribution in [3.63, 3.8) is 0 Å². The molecule has 10 rings (SSSR count). The molecule has 6 aromatic rings. The summed E-state index contributed by atoms with van der Waals surface area (Å²) in [5, 5.41) is 31.5. The van der Waals surface area contributed by atoms with E-state index >= 15 is 0 Å². The number of rotatable bonds is 14. The van der Waals surface area contributed by atoms with Gasteiger partial charge in [-0.2, -0.15) is 0 Å². The zero-order chi connectivity index (χ0) is 59.2. The van der Waals surface area contributed by atoms with E-state index in [0.29, 0.717) is 83.6 Å². The molecular formula is C61H62F6N6O10. The van der Waals surface area contributed by atoms with Crippen molar-refractivity contribution in [2.45, 2.75) is 75.3 Å². The van der Waals surface area contributed by atoms with Gasteiger partial charge in [-0.05, 0) is 196 Å². The number of fused-ring (bicyclic) bond motifs is 2. The van der Waals surface area contributed by atoms with E-state index in [9.17, 15) is 70.4 Å².